The Morgan fingerprint density at radius 1 is 1.15 bits per heavy atom. The Morgan fingerprint density at radius 3 is 2.29 bits per heavy atom. The van der Waals surface area contributed by atoms with E-state index in [1.165, 1.54) is 7.11 Å². The molecule has 0 fully saturated rings. The van der Waals surface area contributed by atoms with Crippen molar-refractivity contribution < 1.29 is 28.5 Å². The van der Waals surface area contributed by atoms with Gasteiger partial charge in [-0.25, -0.2) is 9.59 Å². The largest absolute Gasteiger partial charge is 0.511 e. The van der Waals surface area contributed by atoms with Crippen molar-refractivity contribution in [3.05, 3.63) is 51.8 Å². The molecular weight excluding hydrogens is 462 g/mol. The van der Waals surface area contributed by atoms with Crippen LogP contribution in [0.15, 0.2) is 29.3 Å². The number of halogens is 1. The number of hydrogen-bond donors (Lipinski definition) is 0. The molecule has 9 nitrogen and oxygen atoms in total. The number of carbonyl (C=O) groups is 2. The minimum Gasteiger partial charge on any atom is -0.466 e. The molecule has 1 aromatic heterocycles. The molecule has 0 radical (unpaired) electrons. The van der Waals surface area contributed by atoms with E-state index < -0.39 is 25.5 Å². The van der Waals surface area contributed by atoms with E-state index in [0.717, 1.165) is 11.1 Å². The number of esters is 1. The Morgan fingerprint density at radius 2 is 1.79 bits per heavy atom. The van der Waals surface area contributed by atoms with Gasteiger partial charge in [-0.05, 0) is 23.5 Å². The number of aromatic nitrogens is 2. The van der Waals surface area contributed by atoms with E-state index in [1.807, 2.05) is 24.3 Å². The van der Waals surface area contributed by atoms with E-state index in [2.05, 4.69) is 40.3 Å². The van der Waals surface area contributed by atoms with Crippen LogP contribution in [0.25, 0.3) is 11.3 Å². The van der Waals surface area contributed by atoms with Gasteiger partial charge in [0.15, 0.2) is 12.4 Å². The van der Waals surface area contributed by atoms with Crippen molar-refractivity contribution in [2.45, 2.75) is 33.1 Å². The zero-order chi connectivity index (χ0) is 25.5. The molecule has 0 saturated carbocycles. The van der Waals surface area contributed by atoms with Crippen LogP contribution >= 0.6 is 11.6 Å². The molecule has 0 aliphatic rings. The molecule has 2 rings (SSSR count). The summed E-state index contributed by atoms with van der Waals surface area (Å²) in [6, 6.07) is 7.99. The van der Waals surface area contributed by atoms with Crippen LogP contribution in [0.4, 0.5) is 4.79 Å². The SMILES string of the molecule is C/N=C\C(=C(\OCOC(=O)OCC(=O)OC)c1c(Cl)c(C)nn1C)c1ccc(C(C)(C)C)cc1. The highest BCUT2D eigenvalue weighted by Crippen LogP contribution is 2.33. The van der Waals surface area contributed by atoms with Crippen LogP contribution in [0, 0.1) is 6.92 Å². The van der Waals surface area contributed by atoms with Crippen LogP contribution < -0.4 is 0 Å². The Balaban J connectivity index is 2.45. The van der Waals surface area contributed by atoms with Gasteiger partial charge in [0.1, 0.15) is 5.69 Å². The van der Waals surface area contributed by atoms with E-state index in [1.54, 1.807) is 31.9 Å². The van der Waals surface area contributed by atoms with Gasteiger partial charge < -0.3 is 18.9 Å². The second kappa shape index (κ2) is 11.7. The van der Waals surface area contributed by atoms with Crippen molar-refractivity contribution in [2.24, 2.45) is 12.0 Å². The number of ether oxygens (including phenoxy) is 4. The van der Waals surface area contributed by atoms with Crippen molar-refractivity contribution >= 4 is 41.3 Å². The molecule has 0 unspecified atom stereocenters. The molecule has 0 bridgehead atoms. The van der Waals surface area contributed by atoms with Crippen LogP contribution in [0.5, 0.6) is 0 Å². The first-order valence-electron chi connectivity index (χ1n) is 10.5. The van der Waals surface area contributed by atoms with E-state index in [4.69, 9.17) is 21.1 Å². The third-order valence-corrected chi connectivity index (χ3v) is 5.30. The fourth-order valence-electron chi connectivity index (χ4n) is 3.05. The lowest BCUT2D eigenvalue weighted by Crippen LogP contribution is -2.17. The predicted octanol–water partition coefficient (Wildman–Crippen LogP) is 4.55. The number of carbonyl (C=O) groups excluding carboxylic acids is 2. The number of hydrogen-bond acceptors (Lipinski definition) is 8. The highest BCUT2D eigenvalue weighted by atomic mass is 35.5. The maximum absolute atomic E-state index is 11.8. The van der Waals surface area contributed by atoms with Gasteiger partial charge in [0.2, 0.25) is 6.79 Å². The van der Waals surface area contributed by atoms with Gasteiger partial charge in [-0.1, -0.05) is 56.6 Å². The van der Waals surface area contributed by atoms with Crippen molar-refractivity contribution in [1.82, 2.24) is 9.78 Å². The van der Waals surface area contributed by atoms with Crippen LogP contribution in [0.2, 0.25) is 5.02 Å². The van der Waals surface area contributed by atoms with E-state index in [0.29, 0.717) is 27.7 Å². The fourth-order valence-corrected chi connectivity index (χ4v) is 3.30. The molecule has 10 heteroatoms. The van der Waals surface area contributed by atoms with Crippen LogP contribution in [0.1, 0.15) is 43.3 Å². The monoisotopic (exact) mass is 491 g/mol. The quantitative estimate of drug-likeness (QED) is 0.231. The molecule has 0 aliphatic heterocycles. The molecule has 0 aliphatic carbocycles. The number of aliphatic imine (C=N–C) groups is 1. The van der Waals surface area contributed by atoms with Crippen molar-refractivity contribution in [1.29, 1.82) is 0 Å². The Hall–Kier alpha value is -3.33. The van der Waals surface area contributed by atoms with E-state index in [9.17, 15) is 9.59 Å². The number of allylic oxidation sites excluding steroid dienone is 1. The first kappa shape index (κ1) is 26.9. The van der Waals surface area contributed by atoms with Gasteiger partial charge in [0.05, 0.1) is 17.8 Å². The lowest BCUT2D eigenvalue weighted by Gasteiger charge is -2.20. The highest BCUT2D eigenvalue weighted by Gasteiger charge is 2.23. The topological polar surface area (TPSA) is 101 Å². The normalized spacial score (nSPS) is 12.4. The Labute approximate surface area is 204 Å². The first-order chi connectivity index (χ1) is 16.0. The second-order valence-electron chi connectivity index (χ2n) is 8.35. The average molecular weight is 492 g/mol. The van der Waals surface area contributed by atoms with Crippen LogP contribution in [-0.4, -0.2) is 55.7 Å². The minimum absolute atomic E-state index is 0.0125. The van der Waals surface area contributed by atoms with Crippen molar-refractivity contribution in [3.63, 3.8) is 0 Å². The van der Waals surface area contributed by atoms with Gasteiger partial charge in [0.25, 0.3) is 0 Å². The molecule has 0 amide bonds. The summed E-state index contributed by atoms with van der Waals surface area (Å²) in [6.45, 7) is 7.10. The smallest absolute Gasteiger partial charge is 0.466 e. The number of benzene rings is 1. The third-order valence-electron chi connectivity index (χ3n) is 4.84. The average Bonchev–Trinajstić information content (AvgIpc) is 3.04. The molecule has 34 heavy (non-hydrogen) atoms. The van der Waals surface area contributed by atoms with Crippen molar-refractivity contribution in [3.8, 4) is 0 Å². The van der Waals surface area contributed by atoms with Gasteiger partial charge in [-0.3, -0.25) is 9.67 Å². The molecule has 184 valence electrons. The van der Waals surface area contributed by atoms with E-state index in [-0.39, 0.29) is 5.41 Å². The molecule has 0 N–H and O–H groups in total. The summed E-state index contributed by atoms with van der Waals surface area (Å²) in [7, 11) is 4.55. The first-order valence-corrected chi connectivity index (χ1v) is 10.8. The van der Waals surface area contributed by atoms with Gasteiger partial charge in [-0.15, -0.1) is 0 Å². The van der Waals surface area contributed by atoms with E-state index >= 15 is 0 Å². The standard InChI is InChI=1S/C24H30ClN3O6/c1-15-20(25)21(28(6)27-15)22(33-14-34-23(30)32-13-19(29)31-7)18(12-26-5)16-8-10-17(11-9-16)24(2,3)4/h8-12H,13-14H2,1-7H3/b22-18-,26-12-. The molecular formula is C24H30ClN3O6. The fraction of sp³-hybridized carbons (Fsp3) is 0.417. The number of rotatable bonds is 8. The summed E-state index contributed by atoms with van der Waals surface area (Å²) in [5, 5.41) is 4.75. The summed E-state index contributed by atoms with van der Waals surface area (Å²) in [4.78, 5) is 27.1. The number of methoxy groups -OCH3 is 1. The van der Waals surface area contributed by atoms with Crippen LogP contribution in [-0.2, 0) is 36.2 Å². The summed E-state index contributed by atoms with van der Waals surface area (Å²) < 4.78 is 21.5. The molecule has 1 heterocycles. The van der Waals surface area contributed by atoms with Gasteiger partial charge in [-0.2, -0.15) is 5.10 Å². The number of aryl methyl sites for hydroxylation is 2. The zero-order valence-corrected chi connectivity index (χ0v) is 21.2. The Kier molecular flexibility index (Phi) is 9.26. The van der Waals surface area contributed by atoms with Gasteiger partial charge >= 0.3 is 12.1 Å². The summed E-state index contributed by atoms with van der Waals surface area (Å²) in [5.41, 5.74) is 3.67. The molecule has 0 spiro atoms. The molecule has 1 aromatic carbocycles. The summed E-state index contributed by atoms with van der Waals surface area (Å²) in [5.74, 6) is -0.404. The summed E-state index contributed by atoms with van der Waals surface area (Å²) >= 11 is 6.54. The maximum atomic E-state index is 11.8. The Bertz CT molecular complexity index is 1080. The lowest BCUT2D eigenvalue weighted by molar-refractivity contribution is -0.145. The number of nitrogens with zero attached hydrogens (tertiary/aromatic N) is 3. The third kappa shape index (κ3) is 6.84. The highest BCUT2D eigenvalue weighted by molar-refractivity contribution is 6.33. The predicted molar refractivity (Wildman–Crippen MR) is 130 cm³/mol. The molecule has 0 atom stereocenters. The maximum Gasteiger partial charge on any atom is 0.511 e. The zero-order valence-electron chi connectivity index (χ0n) is 20.5. The summed E-state index contributed by atoms with van der Waals surface area (Å²) in [6.07, 6.45) is 0.549. The molecule has 0 saturated heterocycles. The lowest BCUT2D eigenvalue weighted by atomic mass is 9.86. The molecule has 2 aromatic rings. The van der Waals surface area contributed by atoms with Gasteiger partial charge in [0, 0.05) is 25.9 Å². The van der Waals surface area contributed by atoms with Crippen molar-refractivity contribution in [2.75, 3.05) is 27.6 Å². The minimum atomic E-state index is -1.09. The second-order valence-corrected chi connectivity index (χ2v) is 8.73. The van der Waals surface area contributed by atoms with Crippen LogP contribution in [0.3, 0.4) is 0 Å².